The van der Waals surface area contributed by atoms with Gasteiger partial charge in [0, 0.05) is 25.0 Å². The van der Waals surface area contributed by atoms with Gasteiger partial charge in [0.2, 0.25) is 0 Å². The van der Waals surface area contributed by atoms with Crippen LogP contribution in [-0.2, 0) is 4.74 Å². The highest BCUT2D eigenvalue weighted by atomic mass is 32.2. The van der Waals surface area contributed by atoms with Crippen LogP contribution in [0.15, 0.2) is 9.64 Å². The predicted molar refractivity (Wildman–Crippen MR) is 75.3 cm³/mol. The minimum atomic E-state index is 0.453. The first-order chi connectivity index (χ1) is 8.63. The molecule has 0 saturated carbocycles. The molecule has 1 aromatic rings. The molecule has 0 aliphatic rings. The quantitative estimate of drug-likeness (QED) is 0.553. The lowest BCUT2D eigenvalue weighted by Gasteiger charge is -2.10. The summed E-state index contributed by atoms with van der Waals surface area (Å²) in [4.78, 5) is 4.37. The minimum Gasteiger partial charge on any atom is -0.437 e. The second kappa shape index (κ2) is 8.56. The van der Waals surface area contributed by atoms with Gasteiger partial charge in [0.15, 0.2) is 0 Å². The van der Waals surface area contributed by atoms with Gasteiger partial charge in [-0.25, -0.2) is 4.98 Å². The fourth-order valence-corrected chi connectivity index (χ4v) is 2.36. The first kappa shape index (κ1) is 15.5. The van der Waals surface area contributed by atoms with E-state index in [9.17, 15) is 0 Å². The zero-order chi connectivity index (χ0) is 13.4. The Labute approximate surface area is 114 Å². The van der Waals surface area contributed by atoms with Gasteiger partial charge in [-0.2, -0.15) is 0 Å². The van der Waals surface area contributed by atoms with Gasteiger partial charge < -0.3 is 14.5 Å². The van der Waals surface area contributed by atoms with Crippen molar-refractivity contribution in [1.29, 1.82) is 0 Å². The number of nitrogens with one attached hydrogen (secondary N) is 1. The highest BCUT2D eigenvalue weighted by Crippen LogP contribution is 2.23. The van der Waals surface area contributed by atoms with Crippen LogP contribution in [0.4, 0.5) is 0 Å². The Hall–Kier alpha value is -0.520. The average molecular weight is 272 g/mol. The van der Waals surface area contributed by atoms with Crippen molar-refractivity contribution in [3.8, 4) is 0 Å². The van der Waals surface area contributed by atoms with E-state index in [2.05, 4.69) is 17.2 Å². The molecule has 1 unspecified atom stereocenters. The summed E-state index contributed by atoms with van der Waals surface area (Å²) >= 11 is 1.68. The molecular formula is C13H24N2O2S. The molecule has 0 aliphatic heterocycles. The maximum Gasteiger partial charge on any atom is 0.256 e. The van der Waals surface area contributed by atoms with E-state index in [1.54, 1.807) is 11.8 Å². The monoisotopic (exact) mass is 272 g/mol. The molecule has 5 heteroatoms. The Morgan fingerprint density at radius 2 is 2.22 bits per heavy atom. The summed E-state index contributed by atoms with van der Waals surface area (Å²) < 4.78 is 10.8. The summed E-state index contributed by atoms with van der Waals surface area (Å²) in [5.41, 5.74) is 0.981. The largest absolute Gasteiger partial charge is 0.437 e. The van der Waals surface area contributed by atoms with Gasteiger partial charge in [0.25, 0.3) is 5.22 Å². The van der Waals surface area contributed by atoms with E-state index in [-0.39, 0.29) is 0 Å². The van der Waals surface area contributed by atoms with E-state index in [1.807, 2.05) is 20.8 Å². The third-order valence-corrected chi connectivity index (χ3v) is 3.53. The lowest BCUT2D eigenvalue weighted by atomic mass is 10.4. The molecule has 0 bridgehead atoms. The SMILES string of the molecule is CCOCCCNCC(C)Sc1nc(C)c(C)o1. The summed E-state index contributed by atoms with van der Waals surface area (Å²) in [7, 11) is 0. The third-order valence-electron chi connectivity index (χ3n) is 2.59. The average Bonchev–Trinajstić information content (AvgIpc) is 2.62. The molecule has 104 valence electrons. The molecule has 1 aromatic heterocycles. The molecule has 0 radical (unpaired) electrons. The first-order valence-corrected chi connectivity index (χ1v) is 7.40. The predicted octanol–water partition coefficient (Wildman–Crippen LogP) is 2.79. The second-order valence-corrected chi connectivity index (χ2v) is 5.69. The van der Waals surface area contributed by atoms with Gasteiger partial charge in [0.1, 0.15) is 5.76 Å². The molecule has 0 spiro atoms. The maximum atomic E-state index is 5.55. The van der Waals surface area contributed by atoms with E-state index in [0.717, 1.165) is 49.4 Å². The Morgan fingerprint density at radius 3 is 2.83 bits per heavy atom. The number of nitrogens with zero attached hydrogens (tertiary/aromatic N) is 1. The number of aryl methyl sites for hydroxylation is 2. The van der Waals surface area contributed by atoms with Crippen molar-refractivity contribution in [2.75, 3.05) is 26.3 Å². The number of oxazole rings is 1. The van der Waals surface area contributed by atoms with Gasteiger partial charge in [-0.05, 0) is 33.7 Å². The van der Waals surface area contributed by atoms with Crippen LogP contribution in [0.1, 0.15) is 31.7 Å². The van der Waals surface area contributed by atoms with Crippen molar-refractivity contribution >= 4 is 11.8 Å². The number of aromatic nitrogens is 1. The van der Waals surface area contributed by atoms with Crippen LogP contribution < -0.4 is 5.32 Å². The van der Waals surface area contributed by atoms with Gasteiger partial charge in [-0.3, -0.25) is 0 Å². The lowest BCUT2D eigenvalue weighted by molar-refractivity contribution is 0.145. The first-order valence-electron chi connectivity index (χ1n) is 6.52. The second-order valence-electron chi connectivity index (χ2n) is 4.30. The van der Waals surface area contributed by atoms with Gasteiger partial charge in [-0.15, -0.1) is 0 Å². The van der Waals surface area contributed by atoms with Crippen LogP contribution in [-0.4, -0.2) is 36.5 Å². The Balaban J connectivity index is 2.12. The zero-order valence-electron chi connectivity index (χ0n) is 11.8. The van der Waals surface area contributed by atoms with Crippen molar-refractivity contribution in [2.45, 2.75) is 44.6 Å². The number of hydrogen-bond acceptors (Lipinski definition) is 5. The summed E-state index contributed by atoms with van der Waals surface area (Å²) in [6.45, 7) is 11.7. The Bertz CT molecular complexity index is 322. The fraction of sp³-hybridized carbons (Fsp3) is 0.769. The molecule has 0 aliphatic carbocycles. The minimum absolute atomic E-state index is 0.453. The third kappa shape index (κ3) is 5.89. The molecule has 0 amide bonds. The van der Waals surface area contributed by atoms with Crippen LogP contribution in [0.25, 0.3) is 0 Å². The molecule has 0 aromatic carbocycles. The summed E-state index contributed by atoms with van der Waals surface area (Å²) in [6.07, 6.45) is 1.06. The molecule has 1 heterocycles. The van der Waals surface area contributed by atoms with Crippen molar-refractivity contribution in [3.63, 3.8) is 0 Å². The van der Waals surface area contributed by atoms with E-state index >= 15 is 0 Å². The van der Waals surface area contributed by atoms with Crippen molar-refractivity contribution in [2.24, 2.45) is 0 Å². The van der Waals surface area contributed by atoms with Crippen molar-refractivity contribution in [3.05, 3.63) is 11.5 Å². The molecule has 1 N–H and O–H groups in total. The molecule has 1 atom stereocenters. The van der Waals surface area contributed by atoms with Crippen LogP contribution in [0, 0.1) is 13.8 Å². The van der Waals surface area contributed by atoms with E-state index in [0.29, 0.717) is 5.25 Å². The molecule has 1 rings (SSSR count). The highest BCUT2D eigenvalue weighted by Gasteiger charge is 2.10. The maximum absolute atomic E-state index is 5.55. The van der Waals surface area contributed by atoms with Gasteiger partial charge in [-0.1, -0.05) is 18.7 Å². The van der Waals surface area contributed by atoms with Gasteiger partial charge in [0.05, 0.1) is 5.69 Å². The van der Waals surface area contributed by atoms with Gasteiger partial charge >= 0.3 is 0 Å². The molecular weight excluding hydrogens is 248 g/mol. The van der Waals surface area contributed by atoms with Crippen LogP contribution in [0.5, 0.6) is 0 Å². The summed E-state index contributed by atoms with van der Waals surface area (Å²) in [6, 6.07) is 0. The van der Waals surface area contributed by atoms with E-state index in [1.165, 1.54) is 0 Å². The Morgan fingerprint density at radius 1 is 1.44 bits per heavy atom. The Kier molecular flexibility index (Phi) is 7.39. The standard InChI is InChI=1S/C13H24N2O2S/c1-5-16-8-6-7-14-9-10(2)18-13-15-11(3)12(4)17-13/h10,14H,5-9H2,1-4H3. The van der Waals surface area contributed by atoms with Crippen molar-refractivity contribution in [1.82, 2.24) is 10.3 Å². The summed E-state index contributed by atoms with van der Waals surface area (Å²) in [5, 5.41) is 4.64. The molecule has 0 fully saturated rings. The lowest BCUT2D eigenvalue weighted by Crippen LogP contribution is -2.24. The number of rotatable bonds is 9. The topological polar surface area (TPSA) is 47.3 Å². The van der Waals surface area contributed by atoms with Crippen LogP contribution >= 0.6 is 11.8 Å². The van der Waals surface area contributed by atoms with E-state index < -0.39 is 0 Å². The van der Waals surface area contributed by atoms with Crippen LogP contribution in [0.2, 0.25) is 0 Å². The number of hydrogen-bond donors (Lipinski definition) is 1. The molecule has 18 heavy (non-hydrogen) atoms. The van der Waals surface area contributed by atoms with E-state index in [4.69, 9.17) is 9.15 Å². The normalized spacial score (nSPS) is 12.9. The molecule has 4 nitrogen and oxygen atoms in total. The van der Waals surface area contributed by atoms with Crippen LogP contribution in [0.3, 0.4) is 0 Å². The fourth-order valence-electron chi connectivity index (χ4n) is 1.46. The highest BCUT2D eigenvalue weighted by molar-refractivity contribution is 7.99. The van der Waals surface area contributed by atoms with Crippen molar-refractivity contribution < 1.29 is 9.15 Å². The molecule has 0 saturated heterocycles. The smallest absolute Gasteiger partial charge is 0.256 e. The summed E-state index contributed by atoms with van der Waals surface area (Å²) in [5.74, 6) is 0.911. The number of ether oxygens (including phenoxy) is 1. The number of thioether (sulfide) groups is 1. The zero-order valence-corrected chi connectivity index (χ0v) is 12.6.